The van der Waals surface area contributed by atoms with Gasteiger partial charge >= 0.3 is 0 Å². The van der Waals surface area contributed by atoms with Crippen LogP contribution in [-0.2, 0) is 27.1 Å². The van der Waals surface area contributed by atoms with E-state index in [9.17, 15) is 0 Å². The first-order valence-corrected chi connectivity index (χ1v) is 27.9. The molecule has 2 aliphatic rings. The second kappa shape index (κ2) is 19.5. The molecule has 77 heavy (non-hydrogen) atoms. The lowest BCUT2D eigenvalue weighted by Crippen LogP contribution is -2.30. The van der Waals surface area contributed by atoms with Gasteiger partial charge in [0, 0.05) is 39.4 Å². The van der Waals surface area contributed by atoms with Crippen molar-refractivity contribution in [3.8, 4) is 22.3 Å². The van der Waals surface area contributed by atoms with Gasteiger partial charge in [-0.1, -0.05) is 243 Å². The van der Waals surface area contributed by atoms with Crippen LogP contribution in [0.2, 0.25) is 0 Å². The number of benzene rings is 8. The van der Waals surface area contributed by atoms with E-state index in [1.807, 2.05) is 6.08 Å². The van der Waals surface area contributed by atoms with Crippen molar-refractivity contribution in [2.75, 3.05) is 9.80 Å². The Morgan fingerprint density at radius 3 is 1.40 bits per heavy atom. The third kappa shape index (κ3) is 9.53. The molecule has 0 spiro atoms. The van der Waals surface area contributed by atoms with Crippen LogP contribution in [0.25, 0.3) is 22.3 Å². The molecule has 0 unspecified atom stereocenters. The Hall–Kier alpha value is -7.42. The predicted octanol–water partition coefficient (Wildman–Crippen LogP) is 20.9. The highest BCUT2D eigenvalue weighted by Crippen LogP contribution is 2.65. The summed E-state index contributed by atoms with van der Waals surface area (Å²) >= 11 is 0. The zero-order chi connectivity index (χ0) is 54.9. The summed E-state index contributed by atoms with van der Waals surface area (Å²) in [5.41, 5.74) is 22.4. The number of rotatable bonds is 11. The van der Waals surface area contributed by atoms with Crippen molar-refractivity contribution in [1.29, 1.82) is 0 Å². The van der Waals surface area contributed by atoms with E-state index in [-0.39, 0.29) is 27.1 Å². The van der Waals surface area contributed by atoms with Crippen LogP contribution in [0.1, 0.15) is 153 Å². The van der Waals surface area contributed by atoms with Gasteiger partial charge in [0.2, 0.25) is 0 Å². The summed E-state index contributed by atoms with van der Waals surface area (Å²) in [7, 11) is 0. The SMILES string of the molecule is C=C/C=C(\C=C/CC(C)(C)C)N(c1ccc(C(C)(C)C)cc1)c1cc2c(c3c1-c1ccccc1C3(C)C)-c1ccc(N(c3ccc(C(C)(C)C)cc3)c3ccc(C(C)(C)C)cc3)cc1C2(c1ccccc1)c1ccccc1. The highest BCUT2D eigenvalue weighted by atomic mass is 15.2. The monoisotopic (exact) mass is 1010 g/mol. The maximum absolute atomic E-state index is 4.35. The van der Waals surface area contributed by atoms with Crippen molar-refractivity contribution < 1.29 is 0 Å². The average molecular weight is 1010 g/mol. The maximum atomic E-state index is 4.35. The van der Waals surface area contributed by atoms with E-state index in [1.165, 1.54) is 72.3 Å². The predicted molar refractivity (Wildman–Crippen MR) is 332 cm³/mol. The molecule has 0 aliphatic heterocycles. The number of anilines is 5. The summed E-state index contributed by atoms with van der Waals surface area (Å²) in [6, 6.07) is 69.6. The fourth-order valence-electron chi connectivity index (χ4n) is 12.3. The molecular weight excluding hydrogens is 929 g/mol. The standard InChI is InChI=1S/C75H80N2/c1-16-26-56(31-25-48-70(2,3)4)77(59-44-38-53(39-45-59)73(11,12)13)66-50-65-67(69-68(66)61-32-23-24-33-63(61)74(69,14)15)62-47-46-60(49-64(62)75(65,54-27-19-17-20-28-54)55-29-21-18-22-30-55)76(57-40-34-51(35-41-57)71(5,6)7)58-42-36-52(37-43-58)72(8,9)10/h16-47,49-50H,1,48H2,2-15H3/b31-25-,56-26+. The third-order valence-corrected chi connectivity index (χ3v) is 16.3. The molecule has 0 heterocycles. The zero-order valence-electron chi connectivity index (χ0n) is 48.4. The third-order valence-electron chi connectivity index (χ3n) is 16.3. The highest BCUT2D eigenvalue weighted by molar-refractivity contribution is 6.03. The van der Waals surface area contributed by atoms with Crippen LogP contribution in [0, 0.1) is 5.41 Å². The smallest absolute Gasteiger partial charge is 0.0715 e. The van der Waals surface area contributed by atoms with Crippen molar-refractivity contribution in [1.82, 2.24) is 0 Å². The van der Waals surface area contributed by atoms with Gasteiger partial charge < -0.3 is 9.80 Å². The molecule has 8 aromatic rings. The van der Waals surface area contributed by atoms with Gasteiger partial charge in [0.1, 0.15) is 0 Å². The molecule has 0 bridgehead atoms. The van der Waals surface area contributed by atoms with Crippen molar-refractivity contribution in [3.05, 3.63) is 269 Å². The van der Waals surface area contributed by atoms with Crippen LogP contribution >= 0.6 is 0 Å². The van der Waals surface area contributed by atoms with Gasteiger partial charge in [-0.3, -0.25) is 0 Å². The summed E-state index contributed by atoms with van der Waals surface area (Å²) in [5.74, 6) is 0. The Kier molecular flexibility index (Phi) is 13.5. The van der Waals surface area contributed by atoms with E-state index in [0.717, 1.165) is 40.6 Å². The molecule has 2 nitrogen and oxygen atoms in total. The van der Waals surface area contributed by atoms with E-state index in [4.69, 9.17) is 0 Å². The van der Waals surface area contributed by atoms with E-state index in [2.05, 4.69) is 314 Å². The number of fused-ring (bicyclic) bond motifs is 7. The molecule has 0 aromatic heterocycles. The van der Waals surface area contributed by atoms with Crippen molar-refractivity contribution in [2.45, 2.75) is 130 Å². The molecule has 0 amide bonds. The van der Waals surface area contributed by atoms with Gasteiger partial charge in [-0.25, -0.2) is 0 Å². The normalized spacial score (nSPS) is 14.7. The van der Waals surface area contributed by atoms with Crippen molar-refractivity contribution >= 4 is 28.4 Å². The van der Waals surface area contributed by atoms with Crippen LogP contribution in [0.4, 0.5) is 28.4 Å². The summed E-state index contributed by atoms with van der Waals surface area (Å²) in [6.45, 7) is 36.8. The van der Waals surface area contributed by atoms with E-state index >= 15 is 0 Å². The van der Waals surface area contributed by atoms with Crippen molar-refractivity contribution in [3.63, 3.8) is 0 Å². The molecule has 0 atom stereocenters. The van der Waals surface area contributed by atoms with E-state index in [1.54, 1.807) is 0 Å². The second-order valence-corrected chi connectivity index (χ2v) is 26.5. The first-order chi connectivity index (χ1) is 36.4. The van der Waals surface area contributed by atoms with E-state index in [0.29, 0.717) is 0 Å². The topological polar surface area (TPSA) is 6.48 Å². The Balaban J connectivity index is 1.34. The van der Waals surface area contributed by atoms with Crippen LogP contribution in [-0.4, -0.2) is 0 Å². The molecule has 0 saturated carbocycles. The number of hydrogen-bond acceptors (Lipinski definition) is 2. The first-order valence-electron chi connectivity index (χ1n) is 27.9. The number of nitrogens with zero attached hydrogens (tertiary/aromatic N) is 2. The molecule has 0 N–H and O–H groups in total. The van der Waals surface area contributed by atoms with E-state index < -0.39 is 5.41 Å². The minimum absolute atomic E-state index is 0.00945. The van der Waals surface area contributed by atoms with Crippen LogP contribution < -0.4 is 9.80 Å². The second-order valence-electron chi connectivity index (χ2n) is 26.5. The summed E-state index contributed by atoms with van der Waals surface area (Å²) < 4.78 is 0. The van der Waals surface area contributed by atoms with Crippen molar-refractivity contribution in [2.24, 2.45) is 5.41 Å². The summed E-state index contributed by atoms with van der Waals surface area (Å²) in [6.07, 6.45) is 9.76. The van der Waals surface area contributed by atoms with Gasteiger partial charge in [0.25, 0.3) is 0 Å². The Labute approximate surface area is 462 Å². The zero-order valence-corrected chi connectivity index (χ0v) is 48.4. The summed E-state index contributed by atoms with van der Waals surface area (Å²) in [4.78, 5) is 5.00. The molecule has 2 aliphatic carbocycles. The quantitative estimate of drug-likeness (QED) is 0.119. The van der Waals surface area contributed by atoms with Crippen LogP contribution in [0.15, 0.2) is 219 Å². The molecule has 390 valence electrons. The molecule has 0 radical (unpaired) electrons. The van der Waals surface area contributed by atoms with Gasteiger partial charge in [-0.2, -0.15) is 0 Å². The average Bonchev–Trinajstić information content (AvgIpc) is 4.08. The van der Waals surface area contributed by atoms with Gasteiger partial charge in [-0.15, -0.1) is 0 Å². The van der Waals surface area contributed by atoms with Gasteiger partial charge in [0.05, 0.1) is 11.1 Å². The lowest BCUT2D eigenvalue weighted by Gasteiger charge is -2.37. The Bertz CT molecular complexity index is 3420. The molecule has 0 saturated heterocycles. The number of hydrogen-bond donors (Lipinski definition) is 0. The maximum Gasteiger partial charge on any atom is 0.0715 e. The first kappa shape index (κ1) is 53.0. The molecule has 0 fully saturated rings. The van der Waals surface area contributed by atoms with Crippen LogP contribution in [0.5, 0.6) is 0 Å². The lowest BCUT2D eigenvalue weighted by atomic mass is 9.67. The minimum Gasteiger partial charge on any atom is -0.310 e. The fourth-order valence-corrected chi connectivity index (χ4v) is 12.3. The molecule has 8 aromatic carbocycles. The fraction of sp³-hybridized carbons (Fsp3) is 0.280. The minimum atomic E-state index is -0.734. The lowest BCUT2D eigenvalue weighted by molar-refractivity contribution is 0.420. The summed E-state index contributed by atoms with van der Waals surface area (Å²) in [5, 5.41) is 0. The number of allylic oxidation sites excluding steroid dienone is 4. The van der Waals surface area contributed by atoms with Crippen LogP contribution in [0.3, 0.4) is 0 Å². The van der Waals surface area contributed by atoms with Gasteiger partial charge in [0.15, 0.2) is 0 Å². The molecule has 10 rings (SSSR count). The largest absolute Gasteiger partial charge is 0.310 e. The Morgan fingerprint density at radius 1 is 0.468 bits per heavy atom. The Morgan fingerprint density at radius 2 is 0.922 bits per heavy atom. The molecular formula is C75H80N2. The molecule has 2 heteroatoms. The van der Waals surface area contributed by atoms with Gasteiger partial charge in [-0.05, 0) is 162 Å². The highest BCUT2D eigenvalue weighted by Gasteiger charge is 2.52.